The van der Waals surface area contributed by atoms with Crippen molar-refractivity contribution in [3.05, 3.63) is 29.3 Å². The number of hydrogen-bond donors (Lipinski definition) is 2. The summed E-state index contributed by atoms with van der Waals surface area (Å²) in [4.78, 5) is 22.1. The van der Waals surface area contributed by atoms with E-state index in [0.29, 0.717) is 0 Å². The summed E-state index contributed by atoms with van der Waals surface area (Å²) in [5.74, 6) is -2.55. The van der Waals surface area contributed by atoms with Crippen molar-refractivity contribution in [2.24, 2.45) is 0 Å². The van der Waals surface area contributed by atoms with Gasteiger partial charge in [-0.3, -0.25) is 4.79 Å². The number of carboxylic acid groups (broad SMARTS) is 1. The number of hydrogen-bond acceptors (Lipinski definition) is 4. The topological polar surface area (TPSA) is 83.8 Å². The van der Waals surface area contributed by atoms with Crippen LogP contribution in [-0.4, -0.2) is 34.5 Å². The number of carbonyl (C=O) groups excluding carboxylic acids is 1. The average Bonchev–Trinajstić information content (AvgIpc) is 2.38. The third-order valence-corrected chi connectivity index (χ3v) is 2.71. The van der Waals surface area contributed by atoms with E-state index < -0.39 is 24.5 Å². The van der Waals surface area contributed by atoms with Crippen molar-refractivity contribution < 1.29 is 33.3 Å². The van der Waals surface area contributed by atoms with E-state index in [2.05, 4.69) is 4.74 Å². The van der Waals surface area contributed by atoms with Crippen LogP contribution in [-0.2, 0) is 16.0 Å². The minimum atomic E-state index is -3.08. The first-order chi connectivity index (χ1) is 9.35. The first-order valence-electron chi connectivity index (χ1n) is 5.41. The lowest BCUT2D eigenvalue weighted by molar-refractivity contribution is -0.147. The predicted molar refractivity (Wildman–Crippen MR) is 65.1 cm³/mol. The summed E-state index contributed by atoms with van der Waals surface area (Å²) in [6, 6.07) is 3.35. The van der Waals surface area contributed by atoms with Crippen molar-refractivity contribution in [1.82, 2.24) is 0 Å². The van der Waals surface area contributed by atoms with Crippen molar-refractivity contribution in [2.75, 3.05) is 5.88 Å². The number of carbonyl (C=O) groups is 2. The van der Waals surface area contributed by atoms with E-state index in [1.165, 1.54) is 6.07 Å². The summed E-state index contributed by atoms with van der Waals surface area (Å²) >= 11 is 5.34. The molecule has 2 N–H and O–H groups in total. The molecule has 8 heteroatoms. The highest BCUT2D eigenvalue weighted by atomic mass is 35.5. The number of aliphatic hydroxyl groups excluding tert-OH is 1. The second-order valence-corrected chi connectivity index (χ2v) is 4.10. The van der Waals surface area contributed by atoms with Crippen LogP contribution in [0.1, 0.15) is 17.2 Å². The molecule has 110 valence electrons. The molecule has 20 heavy (non-hydrogen) atoms. The Kier molecular flexibility index (Phi) is 5.84. The van der Waals surface area contributed by atoms with Gasteiger partial charge in [0.05, 0.1) is 5.88 Å². The van der Waals surface area contributed by atoms with Gasteiger partial charge in [0, 0.05) is 6.42 Å². The summed E-state index contributed by atoms with van der Waals surface area (Å²) in [5.41, 5.74) is 0.00119. The molecule has 1 aromatic rings. The predicted octanol–water partition coefficient (Wildman–Crippen LogP) is 1.76. The first kappa shape index (κ1) is 16.3. The third kappa shape index (κ3) is 4.43. The molecule has 1 rings (SSSR count). The highest BCUT2D eigenvalue weighted by Crippen LogP contribution is 2.26. The number of benzene rings is 1. The minimum absolute atomic E-state index is 0.186. The molecule has 0 saturated carbocycles. The largest absolute Gasteiger partial charge is 0.479 e. The first-order valence-corrected chi connectivity index (χ1v) is 5.94. The molecule has 0 fully saturated rings. The number of Topliss-reactive ketones (excluding diaryl/α,β-unsaturated/α-hetero) is 1. The van der Waals surface area contributed by atoms with E-state index in [-0.39, 0.29) is 29.2 Å². The van der Waals surface area contributed by atoms with Crippen molar-refractivity contribution in [1.29, 1.82) is 0 Å². The summed E-state index contributed by atoms with van der Waals surface area (Å²) in [6.45, 7) is -3.08. The van der Waals surface area contributed by atoms with Crippen molar-refractivity contribution in [2.45, 2.75) is 19.1 Å². The number of rotatable bonds is 7. The van der Waals surface area contributed by atoms with Crippen LogP contribution in [0.4, 0.5) is 8.78 Å². The van der Waals surface area contributed by atoms with Gasteiger partial charge in [0.2, 0.25) is 0 Å². The molecule has 0 aliphatic rings. The molecule has 0 aliphatic heterocycles. The smallest absolute Gasteiger partial charge is 0.387 e. The van der Waals surface area contributed by atoms with Crippen LogP contribution in [0, 0.1) is 0 Å². The third-order valence-electron chi connectivity index (χ3n) is 2.41. The Morgan fingerprint density at radius 3 is 2.50 bits per heavy atom. The zero-order valence-corrected chi connectivity index (χ0v) is 10.8. The van der Waals surface area contributed by atoms with Gasteiger partial charge in [0.25, 0.3) is 0 Å². The van der Waals surface area contributed by atoms with E-state index in [1.54, 1.807) is 0 Å². The number of alkyl halides is 3. The molecule has 1 unspecified atom stereocenters. The maximum atomic E-state index is 12.1. The van der Waals surface area contributed by atoms with E-state index in [0.717, 1.165) is 12.1 Å². The van der Waals surface area contributed by atoms with Crippen LogP contribution in [0.5, 0.6) is 5.75 Å². The van der Waals surface area contributed by atoms with Crippen LogP contribution < -0.4 is 4.74 Å². The lowest BCUT2D eigenvalue weighted by atomic mass is 9.98. The molecule has 0 amide bonds. The molecule has 0 saturated heterocycles. The number of carboxylic acids is 1. The second kappa shape index (κ2) is 7.16. The van der Waals surface area contributed by atoms with Crippen LogP contribution >= 0.6 is 11.6 Å². The highest BCUT2D eigenvalue weighted by Gasteiger charge is 2.22. The molecule has 0 aliphatic carbocycles. The normalized spacial score (nSPS) is 12.2. The van der Waals surface area contributed by atoms with Gasteiger partial charge in [-0.25, -0.2) is 4.79 Å². The fourth-order valence-electron chi connectivity index (χ4n) is 1.56. The molecular formula is C12H11ClF2O5. The molecular weight excluding hydrogens is 298 g/mol. The van der Waals surface area contributed by atoms with Crippen molar-refractivity contribution in [3.63, 3.8) is 0 Å². The Morgan fingerprint density at radius 2 is 2.00 bits per heavy atom. The maximum absolute atomic E-state index is 12.1. The molecule has 5 nitrogen and oxygen atoms in total. The average molecular weight is 309 g/mol. The molecule has 0 heterocycles. The quantitative estimate of drug-likeness (QED) is 0.750. The summed E-state index contributed by atoms with van der Waals surface area (Å²) in [6.07, 6.45) is -2.16. The molecule has 0 spiro atoms. The zero-order chi connectivity index (χ0) is 15.3. The van der Waals surface area contributed by atoms with Crippen LogP contribution in [0.2, 0.25) is 0 Å². The summed E-state index contributed by atoms with van der Waals surface area (Å²) in [5, 5.41) is 18.3. The Bertz CT molecular complexity index is 507. The van der Waals surface area contributed by atoms with Crippen molar-refractivity contribution >= 4 is 23.4 Å². The number of aliphatic carboxylic acids is 1. The molecule has 1 aromatic carbocycles. The number of halogens is 3. The SMILES string of the molecule is O=C(CCl)Cc1ccc(OC(F)F)cc1C(O)C(=O)O. The number of ketones is 1. The van der Waals surface area contributed by atoms with Crippen LogP contribution in [0.25, 0.3) is 0 Å². The summed E-state index contributed by atoms with van der Waals surface area (Å²) in [7, 11) is 0. The summed E-state index contributed by atoms with van der Waals surface area (Å²) < 4.78 is 28.3. The van der Waals surface area contributed by atoms with E-state index >= 15 is 0 Å². The minimum Gasteiger partial charge on any atom is -0.479 e. The Hall–Kier alpha value is -1.73. The number of aliphatic hydroxyl groups is 1. The van der Waals surface area contributed by atoms with Gasteiger partial charge < -0.3 is 14.9 Å². The van der Waals surface area contributed by atoms with Gasteiger partial charge in [-0.05, 0) is 23.3 Å². The van der Waals surface area contributed by atoms with Crippen molar-refractivity contribution in [3.8, 4) is 5.75 Å². The van der Waals surface area contributed by atoms with E-state index in [9.17, 15) is 23.5 Å². The monoisotopic (exact) mass is 308 g/mol. The fourth-order valence-corrected chi connectivity index (χ4v) is 1.65. The number of ether oxygens (including phenoxy) is 1. The molecule has 0 radical (unpaired) electrons. The maximum Gasteiger partial charge on any atom is 0.387 e. The van der Waals surface area contributed by atoms with Gasteiger partial charge >= 0.3 is 12.6 Å². The fraction of sp³-hybridized carbons (Fsp3) is 0.333. The van der Waals surface area contributed by atoms with Gasteiger partial charge in [-0.15, -0.1) is 11.6 Å². The van der Waals surface area contributed by atoms with Gasteiger partial charge in [0.15, 0.2) is 11.9 Å². The Labute approximate surface area is 117 Å². The zero-order valence-electron chi connectivity index (χ0n) is 10.1. The lowest BCUT2D eigenvalue weighted by Crippen LogP contribution is -2.15. The molecule has 0 bridgehead atoms. The Morgan fingerprint density at radius 1 is 1.35 bits per heavy atom. The van der Waals surface area contributed by atoms with Gasteiger partial charge in [-0.2, -0.15) is 8.78 Å². The lowest BCUT2D eigenvalue weighted by Gasteiger charge is -2.14. The van der Waals surface area contributed by atoms with Crippen LogP contribution in [0.15, 0.2) is 18.2 Å². The van der Waals surface area contributed by atoms with E-state index in [1.807, 2.05) is 0 Å². The standard InChI is InChI=1S/C12H11ClF2O5/c13-5-7(16)3-6-1-2-8(20-12(14)15)4-9(6)10(17)11(18)19/h1-2,4,10,12,17H,3,5H2,(H,18,19). The molecule has 1 atom stereocenters. The van der Waals surface area contributed by atoms with E-state index in [4.69, 9.17) is 16.7 Å². The molecule has 0 aromatic heterocycles. The second-order valence-electron chi connectivity index (χ2n) is 3.83. The van der Waals surface area contributed by atoms with Crippen LogP contribution in [0.3, 0.4) is 0 Å². The highest BCUT2D eigenvalue weighted by molar-refractivity contribution is 6.27. The van der Waals surface area contributed by atoms with Gasteiger partial charge in [0.1, 0.15) is 5.75 Å². The van der Waals surface area contributed by atoms with Gasteiger partial charge in [-0.1, -0.05) is 6.07 Å². The Balaban J connectivity index is 3.15.